The third-order valence-corrected chi connectivity index (χ3v) is 6.38. The lowest BCUT2D eigenvalue weighted by Gasteiger charge is -2.09. The number of amides is 1. The lowest BCUT2D eigenvalue weighted by molar-refractivity contribution is -0.113. The molecule has 0 aliphatic carbocycles. The molecule has 0 spiro atoms. The van der Waals surface area contributed by atoms with Crippen LogP contribution in [0.5, 0.6) is 5.75 Å². The predicted octanol–water partition coefficient (Wildman–Crippen LogP) is 4.95. The normalized spacial score (nSPS) is 10.6. The first-order valence-corrected chi connectivity index (χ1v) is 12.0. The molecule has 0 fully saturated rings. The van der Waals surface area contributed by atoms with Crippen molar-refractivity contribution in [2.75, 3.05) is 18.2 Å². The van der Waals surface area contributed by atoms with E-state index in [-0.39, 0.29) is 11.7 Å². The fourth-order valence-electron chi connectivity index (χ4n) is 2.82. The highest BCUT2D eigenvalue weighted by molar-refractivity contribution is 7.99. The number of thioether (sulfide) groups is 2. The Hall–Kier alpha value is -2.71. The van der Waals surface area contributed by atoms with Gasteiger partial charge in [-0.1, -0.05) is 53.7 Å². The van der Waals surface area contributed by atoms with Gasteiger partial charge in [0.05, 0.1) is 18.6 Å². The summed E-state index contributed by atoms with van der Waals surface area (Å²) in [6.07, 6.45) is 1.82. The number of anilines is 1. The van der Waals surface area contributed by atoms with Crippen LogP contribution in [0.4, 0.5) is 5.69 Å². The van der Waals surface area contributed by atoms with Crippen molar-refractivity contribution < 1.29 is 9.53 Å². The molecule has 0 radical (unpaired) electrons. The number of aryl methyl sites for hydroxylation is 1. The number of hydrogen-bond donors (Lipinski definition) is 1. The Kier molecular flexibility index (Phi) is 8.61. The number of hydrogen-bond acceptors (Lipinski definition) is 6. The Balaban J connectivity index is 1.55. The third kappa shape index (κ3) is 6.90. The number of ether oxygens (including phenoxy) is 1. The Morgan fingerprint density at radius 1 is 1.19 bits per heavy atom. The molecule has 3 aromatic rings. The van der Waals surface area contributed by atoms with Crippen LogP contribution in [0, 0.1) is 6.92 Å². The van der Waals surface area contributed by atoms with Gasteiger partial charge >= 0.3 is 0 Å². The van der Waals surface area contributed by atoms with E-state index in [4.69, 9.17) is 4.74 Å². The van der Waals surface area contributed by atoms with Crippen LogP contribution in [0.25, 0.3) is 0 Å². The van der Waals surface area contributed by atoms with Gasteiger partial charge in [0.15, 0.2) is 5.16 Å². The number of aromatic nitrogens is 3. The van der Waals surface area contributed by atoms with Crippen molar-refractivity contribution in [3.05, 3.63) is 78.1 Å². The van der Waals surface area contributed by atoms with Gasteiger partial charge in [0.1, 0.15) is 11.6 Å². The second-order valence-corrected chi connectivity index (χ2v) is 8.77. The molecule has 0 atom stereocenters. The molecule has 162 valence electrons. The number of carbonyl (C=O) groups excluding carboxylic acids is 1. The van der Waals surface area contributed by atoms with Crippen molar-refractivity contribution in [1.29, 1.82) is 0 Å². The smallest absolute Gasteiger partial charge is 0.234 e. The number of nitrogens with zero attached hydrogens (tertiary/aromatic N) is 3. The van der Waals surface area contributed by atoms with E-state index in [1.807, 2.05) is 28.8 Å². The summed E-state index contributed by atoms with van der Waals surface area (Å²) in [7, 11) is 1.60. The van der Waals surface area contributed by atoms with Crippen LogP contribution in [0.3, 0.4) is 0 Å². The number of methoxy groups -OCH3 is 1. The summed E-state index contributed by atoms with van der Waals surface area (Å²) >= 11 is 3.16. The molecule has 8 heteroatoms. The zero-order valence-electron chi connectivity index (χ0n) is 17.7. The monoisotopic (exact) mass is 454 g/mol. The molecule has 0 saturated heterocycles. The van der Waals surface area contributed by atoms with Crippen LogP contribution in [0.15, 0.2) is 66.3 Å². The van der Waals surface area contributed by atoms with E-state index in [1.165, 1.54) is 22.9 Å². The molecule has 0 bridgehead atoms. The number of carbonyl (C=O) groups is 1. The molecule has 0 saturated carbocycles. The van der Waals surface area contributed by atoms with E-state index in [0.29, 0.717) is 23.1 Å². The summed E-state index contributed by atoms with van der Waals surface area (Å²) in [6.45, 7) is 6.53. The molecule has 1 heterocycles. The number of allylic oxidation sites excluding steroid dienone is 1. The van der Waals surface area contributed by atoms with Gasteiger partial charge < -0.3 is 14.6 Å². The van der Waals surface area contributed by atoms with E-state index in [2.05, 4.69) is 53.3 Å². The van der Waals surface area contributed by atoms with Crippen molar-refractivity contribution in [1.82, 2.24) is 14.8 Å². The summed E-state index contributed by atoms with van der Waals surface area (Å²) < 4.78 is 7.20. The van der Waals surface area contributed by atoms with Crippen LogP contribution >= 0.6 is 23.5 Å². The number of nitrogens with one attached hydrogen (secondary N) is 1. The fourth-order valence-corrected chi connectivity index (χ4v) is 4.51. The Morgan fingerprint density at radius 3 is 2.74 bits per heavy atom. The number of benzene rings is 2. The van der Waals surface area contributed by atoms with Crippen LogP contribution in [-0.4, -0.2) is 33.5 Å². The van der Waals surface area contributed by atoms with Crippen molar-refractivity contribution >= 4 is 35.1 Å². The molecule has 1 amide bonds. The topological polar surface area (TPSA) is 69.0 Å². The second-order valence-electron chi connectivity index (χ2n) is 6.85. The average molecular weight is 455 g/mol. The fraction of sp³-hybridized carbons (Fsp3) is 0.261. The summed E-state index contributed by atoms with van der Waals surface area (Å²) in [5.41, 5.74) is 3.25. The highest BCUT2D eigenvalue weighted by Crippen LogP contribution is 2.23. The molecular weight excluding hydrogens is 428 g/mol. The standard InChI is InChI=1S/C23H26N4O2S2/c1-4-12-27-21(15-30-14-18-10-8-17(2)9-11-18)25-26-23(27)31-16-22(28)24-19-6-5-7-20(13-19)29-3/h4-11,13H,1,12,14-16H2,2-3H3,(H,24,28). The predicted molar refractivity (Wildman–Crippen MR) is 129 cm³/mol. The number of rotatable bonds is 11. The summed E-state index contributed by atoms with van der Waals surface area (Å²) in [5.74, 6) is 3.36. The van der Waals surface area contributed by atoms with Crippen LogP contribution < -0.4 is 10.1 Å². The third-order valence-electron chi connectivity index (χ3n) is 4.41. The molecule has 3 rings (SSSR count). The van der Waals surface area contributed by atoms with Crippen molar-refractivity contribution in [2.45, 2.75) is 30.1 Å². The molecule has 0 aliphatic heterocycles. The van der Waals surface area contributed by atoms with Gasteiger partial charge in [0, 0.05) is 24.1 Å². The Labute approximate surface area is 191 Å². The summed E-state index contributed by atoms with van der Waals surface area (Å²) in [4.78, 5) is 12.4. The molecule has 31 heavy (non-hydrogen) atoms. The van der Waals surface area contributed by atoms with Crippen LogP contribution in [0.1, 0.15) is 17.0 Å². The summed E-state index contributed by atoms with van der Waals surface area (Å²) in [5, 5.41) is 12.2. The average Bonchev–Trinajstić information content (AvgIpc) is 3.15. The van der Waals surface area contributed by atoms with E-state index in [1.54, 1.807) is 24.9 Å². The molecule has 1 aromatic heterocycles. The maximum atomic E-state index is 12.4. The lowest BCUT2D eigenvalue weighted by atomic mass is 10.2. The Bertz CT molecular complexity index is 1020. The van der Waals surface area contributed by atoms with Crippen LogP contribution in [-0.2, 0) is 22.8 Å². The first kappa shape index (κ1) is 23.0. The van der Waals surface area contributed by atoms with Crippen molar-refractivity contribution in [3.63, 3.8) is 0 Å². The molecule has 0 aliphatic rings. The summed E-state index contributed by atoms with van der Waals surface area (Å²) in [6, 6.07) is 15.8. The molecule has 6 nitrogen and oxygen atoms in total. The van der Waals surface area contributed by atoms with Crippen LogP contribution in [0.2, 0.25) is 0 Å². The van der Waals surface area contributed by atoms with Gasteiger partial charge in [-0.3, -0.25) is 4.79 Å². The van der Waals surface area contributed by atoms with E-state index in [9.17, 15) is 4.79 Å². The molecule has 0 unspecified atom stereocenters. The minimum Gasteiger partial charge on any atom is -0.497 e. The zero-order valence-corrected chi connectivity index (χ0v) is 19.3. The maximum Gasteiger partial charge on any atom is 0.234 e. The molecule has 2 aromatic carbocycles. The molecular formula is C23H26N4O2S2. The Morgan fingerprint density at radius 2 is 2.00 bits per heavy atom. The van der Waals surface area contributed by atoms with Crippen molar-refractivity contribution in [3.8, 4) is 5.75 Å². The lowest BCUT2D eigenvalue weighted by Crippen LogP contribution is -2.14. The van der Waals surface area contributed by atoms with Gasteiger partial charge in [0.25, 0.3) is 0 Å². The van der Waals surface area contributed by atoms with E-state index < -0.39 is 0 Å². The highest BCUT2D eigenvalue weighted by Gasteiger charge is 2.14. The van der Waals surface area contributed by atoms with E-state index >= 15 is 0 Å². The highest BCUT2D eigenvalue weighted by atomic mass is 32.2. The zero-order chi connectivity index (χ0) is 22.1. The maximum absolute atomic E-state index is 12.4. The van der Waals surface area contributed by atoms with Gasteiger partial charge in [-0.2, -0.15) is 0 Å². The van der Waals surface area contributed by atoms with Gasteiger partial charge in [-0.15, -0.1) is 28.5 Å². The second kappa shape index (κ2) is 11.6. The minimum absolute atomic E-state index is 0.110. The van der Waals surface area contributed by atoms with Gasteiger partial charge in [0.2, 0.25) is 5.91 Å². The van der Waals surface area contributed by atoms with E-state index in [0.717, 1.165) is 17.3 Å². The first-order chi connectivity index (χ1) is 15.1. The quantitative estimate of drug-likeness (QED) is 0.327. The largest absolute Gasteiger partial charge is 0.497 e. The SMILES string of the molecule is C=CCn1c(CSCc2ccc(C)cc2)nnc1SCC(=O)Nc1cccc(OC)c1. The molecule has 1 N–H and O–H groups in total. The van der Waals surface area contributed by atoms with Gasteiger partial charge in [-0.25, -0.2) is 0 Å². The van der Waals surface area contributed by atoms with Crippen molar-refractivity contribution in [2.24, 2.45) is 0 Å². The van der Waals surface area contributed by atoms with Gasteiger partial charge in [-0.05, 0) is 24.6 Å². The minimum atomic E-state index is -0.110. The first-order valence-electron chi connectivity index (χ1n) is 9.82.